The van der Waals surface area contributed by atoms with Gasteiger partial charge in [-0.1, -0.05) is 34.4 Å². The molecule has 0 aliphatic carbocycles. The molecule has 114 valence electrons. The highest BCUT2D eigenvalue weighted by molar-refractivity contribution is 7.89. The van der Waals surface area contributed by atoms with Gasteiger partial charge in [0.2, 0.25) is 10.0 Å². The zero-order chi connectivity index (χ0) is 15.8. The zero-order valence-corrected chi connectivity index (χ0v) is 14.0. The second-order valence-electron chi connectivity index (χ2n) is 4.67. The van der Waals surface area contributed by atoms with Crippen LogP contribution in [0.5, 0.6) is 0 Å². The average Bonchev–Trinajstić information content (AvgIpc) is 2.72. The third-order valence-corrected chi connectivity index (χ3v) is 5.54. The lowest BCUT2D eigenvalue weighted by Gasteiger charge is -2.15. The molecule has 0 unspecified atom stereocenters. The van der Waals surface area contributed by atoms with Gasteiger partial charge in [0, 0.05) is 6.04 Å². The first-order valence-corrected chi connectivity index (χ1v) is 8.36. The van der Waals surface area contributed by atoms with Crippen LogP contribution in [0.1, 0.15) is 30.0 Å². The van der Waals surface area contributed by atoms with E-state index in [4.69, 9.17) is 27.7 Å². The molecule has 1 atom stereocenters. The summed E-state index contributed by atoms with van der Waals surface area (Å²) in [5.74, 6) is 0.251. The minimum atomic E-state index is -3.73. The minimum Gasteiger partial charge on any atom is -0.360 e. The van der Waals surface area contributed by atoms with Gasteiger partial charge < -0.3 is 4.52 Å². The Morgan fingerprint density at radius 3 is 2.43 bits per heavy atom. The number of aryl methyl sites for hydroxylation is 2. The fourth-order valence-corrected chi connectivity index (χ4v) is 3.87. The van der Waals surface area contributed by atoms with Crippen molar-refractivity contribution in [3.05, 3.63) is 45.3 Å². The van der Waals surface area contributed by atoms with E-state index in [1.54, 1.807) is 39.0 Å². The van der Waals surface area contributed by atoms with E-state index in [9.17, 15) is 8.42 Å². The molecule has 1 aromatic carbocycles. The number of rotatable bonds is 4. The van der Waals surface area contributed by atoms with Crippen molar-refractivity contribution in [2.45, 2.75) is 31.7 Å². The Labute approximate surface area is 133 Å². The second-order valence-corrected chi connectivity index (χ2v) is 7.14. The van der Waals surface area contributed by atoms with Gasteiger partial charge in [0.15, 0.2) is 5.76 Å². The van der Waals surface area contributed by atoms with Crippen LogP contribution < -0.4 is 4.72 Å². The topological polar surface area (TPSA) is 72.2 Å². The van der Waals surface area contributed by atoms with Crippen LogP contribution in [0.4, 0.5) is 0 Å². The molecule has 2 aromatic rings. The van der Waals surface area contributed by atoms with E-state index in [-0.39, 0.29) is 10.7 Å². The zero-order valence-electron chi connectivity index (χ0n) is 11.6. The van der Waals surface area contributed by atoms with Crippen LogP contribution in [-0.4, -0.2) is 13.6 Å². The predicted molar refractivity (Wildman–Crippen MR) is 81.2 cm³/mol. The van der Waals surface area contributed by atoms with E-state index in [0.717, 1.165) is 0 Å². The standard InChI is InChI=1S/C13H14Cl2N2O3S/c1-7(10-4-5-11(14)12(15)6-10)17-21(18,19)13-8(2)16-20-9(13)3/h4-7,17H,1-3H3/t7-/m1/s1. The quantitative estimate of drug-likeness (QED) is 0.915. The highest BCUT2D eigenvalue weighted by Gasteiger charge is 2.26. The number of nitrogens with zero attached hydrogens (tertiary/aromatic N) is 1. The molecule has 1 aromatic heterocycles. The molecular formula is C13H14Cl2N2O3S. The molecule has 5 nitrogen and oxygen atoms in total. The Balaban J connectivity index is 2.30. The van der Waals surface area contributed by atoms with Crippen LogP contribution >= 0.6 is 23.2 Å². The molecule has 0 aliphatic heterocycles. The highest BCUT2D eigenvalue weighted by Crippen LogP contribution is 2.27. The summed E-state index contributed by atoms with van der Waals surface area (Å²) in [6.45, 7) is 4.85. The van der Waals surface area contributed by atoms with Crippen LogP contribution in [0.3, 0.4) is 0 Å². The minimum absolute atomic E-state index is 0.0643. The van der Waals surface area contributed by atoms with Crippen LogP contribution in [0.2, 0.25) is 10.0 Å². The number of sulfonamides is 1. The molecule has 0 bridgehead atoms. The highest BCUT2D eigenvalue weighted by atomic mass is 35.5. The predicted octanol–water partition coefficient (Wildman–Crippen LogP) is 3.64. The Bertz CT molecular complexity index is 752. The smallest absolute Gasteiger partial charge is 0.246 e. The largest absolute Gasteiger partial charge is 0.360 e. The second kappa shape index (κ2) is 5.96. The summed E-state index contributed by atoms with van der Waals surface area (Å²) >= 11 is 11.8. The van der Waals surface area contributed by atoms with Gasteiger partial charge in [0.25, 0.3) is 0 Å². The number of benzene rings is 1. The third-order valence-electron chi connectivity index (χ3n) is 3.01. The first-order valence-electron chi connectivity index (χ1n) is 6.12. The maximum Gasteiger partial charge on any atom is 0.246 e. The molecule has 2 rings (SSSR count). The summed E-state index contributed by atoms with van der Waals surface area (Å²) in [6, 6.07) is 4.50. The van der Waals surface area contributed by atoms with Gasteiger partial charge >= 0.3 is 0 Å². The molecule has 1 heterocycles. The number of aromatic nitrogens is 1. The molecule has 0 radical (unpaired) electrons. The van der Waals surface area contributed by atoms with Crippen molar-refractivity contribution < 1.29 is 12.9 Å². The Morgan fingerprint density at radius 1 is 1.24 bits per heavy atom. The van der Waals surface area contributed by atoms with Crippen LogP contribution in [0.15, 0.2) is 27.6 Å². The van der Waals surface area contributed by atoms with E-state index in [1.165, 1.54) is 0 Å². The van der Waals surface area contributed by atoms with Gasteiger partial charge in [0.05, 0.1) is 10.0 Å². The van der Waals surface area contributed by atoms with Crippen molar-refractivity contribution in [2.75, 3.05) is 0 Å². The maximum absolute atomic E-state index is 12.4. The summed E-state index contributed by atoms with van der Waals surface area (Å²) < 4.78 is 32.3. The summed E-state index contributed by atoms with van der Waals surface area (Å²) in [6.07, 6.45) is 0. The molecule has 0 aliphatic rings. The number of halogens is 2. The fraction of sp³-hybridized carbons (Fsp3) is 0.308. The summed E-state index contributed by atoms with van der Waals surface area (Å²) in [7, 11) is -3.73. The fourth-order valence-electron chi connectivity index (χ4n) is 2.00. The lowest BCUT2D eigenvalue weighted by atomic mass is 10.1. The van der Waals surface area contributed by atoms with Crippen LogP contribution in [0.25, 0.3) is 0 Å². The molecule has 21 heavy (non-hydrogen) atoms. The number of nitrogens with one attached hydrogen (secondary N) is 1. The molecule has 0 saturated heterocycles. The first-order chi connectivity index (χ1) is 9.72. The van der Waals surface area contributed by atoms with Crippen molar-refractivity contribution in [3.8, 4) is 0 Å². The van der Waals surface area contributed by atoms with E-state index >= 15 is 0 Å². The SMILES string of the molecule is Cc1noc(C)c1S(=O)(=O)N[C@H](C)c1ccc(Cl)c(Cl)c1. The Hall–Kier alpha value is -1.08. The molecule has 0 saturated carbocycles. The summed E-state index contributed by atoms with van der Waals surface area (Å²) in [5.41, 5.74) is 1.03. The molecular weight excluding hydrogens is 335 g/mol. The normalized spacial score (nSPS) is 13.4. The maximum atomic E-state index is 12.4. The lowest BCUT2D eigenvalue weighted by molar-refractivity contribution is 0.390. The molecule has 0 spiro atoms. The van der Waals surface area contributed by atoms with Crippen molar-refractivity contribution in [1.82, 2.24) is 9.88 Å². The molecule has 0 amide bonds. The van der Waals surface area contributed by atoms with Crippen LogP contribution in [0, 0.1) is 13.8 Å². The van der Waals surface area contributed by atoms with Gasteiger partial charge in [-0.3, -0.25) is 0 Å². The van der Waals surface area contributed by atoms with Crippen molar-refractivity contribution >= 4 is 33.2 Å². The van der Waals surface area contributed by atoms with Crippen molar-refractivity contribution in [2.24, 2.45) is 0 Å². The number of hydrogen-bond acceptors (Lipinski definition) is 4. The molecule has 1 N–H and O–H groups in total. The third kappa shape index (κ3) is 3.40. The Kier molecular flexibility index (Phi) is 4.63. The lowest BCUT2D eigenvalue weighted by Crippen LogP contribution is -2.27. The van der Waals surface area contributed by atoms with Crippen molar-refractivity contribution in [3.63, 3.8) is 0 Å². The monoisotopic (exact) mass is 348 g/mol. The van der Waals surface area contributed by atoms with Gasteiger partial charge in [-0.2, -0.15) is 0 Å². The van der Waals surface area contributed by atoms with E-state index in [0.29, 0.717) is 21.3 Å². The summed E-state index contributed by atoms with van der Waals surface area (Å²) in [4.78, 5) is 0.0643. The van der Waals surface area contributed by atoms with Crippen molar-refractivity contribution in [1.29, 1.82) is 0 Å². The summed E-state index contributed by atoms with van der Waals surface area (Å²) in [5, 5.41) is 4.45. The Morgan fingerprint density at radius 2 is 1.90 bits per heavy atom. The molecule has 8 heteroatoms. The molecule has 0 fully saturated rings. The van der Waals surface area contributed by atoms with E-state index in [1.807, 2.05) is 0 Å². The van der Waals surface area contributed by atoms with Gasteiger partial charge in [-0.25, -0.2) is 13.1 Å². The van der Waals surface area contributed by atoms with Gasteiger partial charge in [-0.05, 0) is 38.5 Å². The average molecular weight is 349 g/mol. The van der Waals surface area contributed by atoms with Gasteiger partial charge in [-0.15, -0.1) is 0 Å². The number of hydrogen-bond donors (Lipinski definition) is 1. The first kappa shape index (κ1) is 16.3. The van der Waals surface area contributed by atoms with E-state index < -0.39 is 16.1 Å². The van der Waals surface area contributed by atoms with Crippen LogP contribution in [-0.2, 0) is 10.0 Å². The van der Waals surface area contributed by atoms with E-state index in [2.05, 4.69) is 9.88 Å². The van der Waals surface area contributed by atoms with Gasteiger partial charge in [0.1, 0.15) is 10.6 Å².